The van der Waals surface area contributed by atoms with Crippen molar-refractivity contribution >= 4 is 11.8 Å². The van der Waals surface area contributed by atoms with Crippen LogP contribution >= 0.6 is 0 Å². The standard InChI is InChI=1S/C17H28N4/c1-2-18-16-14-10-6-5-7-11-15(14)19-17(20-16)21-12-8-3-4-9-13-21/h2-13H2,1H3,(H,18,19,20). The second-order valence-electron chi connectivity index (χ2n) is 6.29. The molecule has 0 unspecified atom stereocenters. The van der Waals surface area contributed by atoms with Crippen LogP contribution in [0, 0.1) is 0 Å². The molecular formula is C17H28N4. The van der Waals surface area contributed by atoms with Crippen molar-refractivity contribution in [2.24, 2.45) is 0 Å². The van der Waals surface area contributed by atoms with Gasteiger partial charge in [0.25, 0.3) is 0 Å². The number of aryl methyl sites for hydroxylation is 1. The first kappa shape index (κ1) is 14.6. The van der Waals surface area contributed by atoms with Crippen molar-refractivity contribution in [2.75, 3.05) is 29.9 Å². The van der Waals surface area contributed by atoms with E-state index >= 15 is 0 Å². The van der Waals surface area contributed by atoms with E-state index in [-0.39, 0.29) is 0 Å². The molecule has 4 nitrogen and oxygen atoms in total. The molecule has 3 rings (SSSR count). The number of fused-ring (bicyclic) bond motifs is 1. The van der Waals surface area contributed by atoms with Crippen LogP contribution in [0.4, 0.5) is 11.8 Å². The Bertz CT molecular complexity index is 464. The zero-order valence-electron chi connectivity index (χ0n) is 13.3. The van der Waals surface area contributed by atoms with Gasteiger partial charge in [0, 0.05) is 25.2 Å². The Kier molecular flexibility index (Phi) is 4.94. The van der Waals surface area contributed by atoms with E-state index in [1.54, 1.807) is 0 Å². The second kappa shape index (κ2) is 7.10. The minimum atomic E-state index is 0.933. The molecule has 0 atom stereocenters. The van der Waals surface area contributed by atoms with Gasteiger partial charge in [0.2, 0.25) is 5.95 Å². The van der Waals surface area contributed by atoms with E-state index in [2.05, 4.69) is 17.1 Å². The number of rotatable bonds is 3. The van der Waals surface area contributed by atoms with E-state index in [9.17, 15) is 0 Å². The fourth-order valence-electron chi connectivity index (χ4n) is 3.48. The monoisotopic (exact) mass is 288 g/mol. The summed E-state index contributed by atoms with van der Waals surface area (Å²) in [5.74, 6) is 2.07. The molecule has 0 saturated carbocycles. The van der Waals surface area contributed by atoms with Crippen molar-refractivity contribution in [3.8, 4) is 0 Å². The third-order valence-electron chi connectivity index (χ3n) is 4.65. The SMILES string of the molecule is CCNc1nc(N2CCCCCC2)nc2c1CCCCC2. The van der Waals surface area contributed by atoms with Gasteiger partial charge in [0.05, 0.1) is 5.69 Å². The summed E-state index contributed by atoms with van der Waals surface area (Å²) < 4.78 is 0. The van der Waals surface area contributed by atoms with Gasteiger partial charge in [0.15, 0.2) is 0 Å². The van der Waals surface area contributed by atoms with Crippen molar-refractivity contribution in [1.29, 1.82) is 0 Å². The molecule has 1 N–H and O–H groups in total. The first-order valence-electron chi connectivity index (χ1n) is 8.77. The van der Waals surface area contributed by atoms with Crippen LogP contribution < -0.4 is 10.2 Å². The fourth-order valence-corrected chi connectivity index (χ4v) is 3.48. The lowest BCUT2D eigenvalue weighted by atomic mass is 10.1. The Hall–Kier alpha value is -1.32. The van der Waals surface area contributed by atoms with E-state index in [1.165, 1.54) is 56.2 Å². The van der Waals surface area contributed by atoms with Crippen molar-refractivity contribution in [1.82, 2.24) is 9.97 Å². The summed E-state index contributed by atoms with van der Waals surface area (Å²) >= 11 is 0. The maximum Gasteiger partial charge on any atom is 0.227 e. The van der Waals surface area contributed by atoms with Gasteiger partial charge < -0.3 is 10.2 Å². The first-order valence-corrected chi connectivity index (χ1v) is 8.77. The number of anilines is 2. The highest BCUT2D eigenvalue weighted by atomic mass is 15.3. The van der Waals surface area contributed by atoms with E-state index < -0.39 is 0 Å². The van der Waals surface area contributed by atoms with Crippen LogP contribution in [0.2, 0.25) is 0 Å². The Morgan fingerprint density at radius 2 is 1.62 bits per heavy atom. The molecule has 1 aliphatic heterocycles. The molecule has 21 heavy (non-hydrogen) atoms. The molecule has 2 aliphatic rings. The van der Waals surface area contributed by atoms with E-state index in [0.717, 1.165) is 44.2 Å². The van der Waals surface area contributed by atoms with Crippen LogP contribution in [0.3, 0.4) is 0 Å². The van der Waals surface area contributed by atoms with E-state index in [1.807, 2.05) is 0 Å². The maximum absolute atomic E-state index is 4.96. The minimum absolute atomic E-state index is 0.933. The van der Waals surface area contributed by atoms with E-state index in [0.29, 0.717) is 0 Å². The number of hydrogen-bond donors (Lipinski definition) is 1. The molecule has 1 aliphatic carbocycles. The molecule has 0 amide bonds. The van der Waals surface area contributed by atoms with Gasteiger partial charge in [-0.3, -0.25) is 0 Å². The third kappa shape index (κ3) is 3.47. The van der Waals surface area contributed by atoms with Crippen molar-refractivity contribution in [3.63, 3.8) is 0 Å². The summed E-state index contributed by atoms with van der Waals surface area (Å²) in [5, 5.41) is 3.48. The van der Waals surface area contributed by atoms with Gasteiger partial charge in [0.1, 0.15) is 5.82 Å². The summed E-state index contributed by atoms with van der Waals surface area (Å²) in [4.78, 5) is 12.2. The zero-order chi connectivity index (χ0) is 14.5. The summed E-state index contributed by atoms with van der Waals surface area (Å²) in [6.45, 7) is 5.31. The quantitative estimate of drug-likeness (QED) is 0.864. The molecule has 0 spiro atoms. The highest BCUT2D eigenvalue weighted by Gasteiger charge is 2.20. The third-order valence-corrected chi connectivity index (χ3v) is 4.65. The smallest absolute Gasteiger partial charge is 0.227 e. The summed E-state index contributed by atoms with van der Waals surface area (Å²) in [6.07, 6.45) is 11.4. The molecule has 0 radical (unpaired) electrons. The maximum atomic E-state index is 4.96. The second-order valence-corrected chi connectivity index (χ2v) is 6.29. The average molecular weight is 288 g/mol. The zero-order valence-corrected chi connectivity index (χ0v) is 13.3. The van der Waals surface area contributed by atoms with Crippen LogP contribution in [-0.4, -0.2) is 29.6 Å². The lowest BCUT2D eigenvalue weighted by Crippen LogP contribution is -2.27. The summed E-state index contributed by atoms with van der Waals surface area (Å²) in [7, 11) is 0. The van der Waals surface area contributed by atoms with Crippen LogP contribution in [0.25, 0.3) is 0 Å². The number of hydrogen-bond acceptors (Lipinski definition) is 4. The topological polar surface area (TPSA) is 41.1 Å². The molecule has 1 aromatic heterocycles. The van der Waals surface area contributed by atoms with Crippen LogP contribution in [-0.2, 0) is 12.8 Å². The Morgan fingerprint density at radius 3 is 2.38 bits per heavy atom. The van der Waals surface area contributed by atoms with Gasteiger partial charge in [-0.1, -0.05) is 19.3 Å². The Balaban J connectivity index is 1.92. The summed E-state index contributed by atoms with van der Waals surface area (Å²) in [5.41, 5.74) is 2.69. The highest BCUT2D eigenvalue weighted by Crippen LogP contribution is 2.27. The largest absolute Gasteiger partial charge is 0.370 e. The van der Waals surface area contributed by atoms with Gasteiger partial charge in [-0.2, -0.15) is 4.98 Å². The Morgan fingerprint density at radius 1 is 0.905 bits per heavy atom. The molecule has 2 heterocycles. The fraction of sp³-hybridized carbons (Fsp3) is 0.765. The molecule has 0 bridgehead atoms. The van der Waals surface area contributed by atoms with Gasteiger partial charge in [-0.15, -0.1) is 0 Å². The number of nitrogens with zero attached hydrogens (tertiary/aromatic N) is 3. The molecule has 1 aromatic rings. The molecule has 116 valence electrons. The lowest BCUT2D eigenvalue weighted by molar-refractivity contribution is 0.707. The lowest BCUT2D eigenvalue weighted by Gasteiger charge is -2.23. The highest BCUT2D eigenvalue weighted by molar-refractivity contribution is 5.52. The van der Waals surface area contributed by atoms with E-state index in [4.69, 9.17) is 9.97 Å². The van der Waals surface area contributed by atoms with Crippen LogP contribution in [0.15, 0.2) is 0 Å². The number of nitrogens with one attached hydrogen (secondary N) is 1. The van der Waals surface area contributed by atoms with Crippen molar-refractivity contribution in [2.45, 2.75) is 64.7 Å². The normalized spacial score (nSPS) is 19.6. The molecule has 4 heteroatoms. The minimum Gasteiger partial charge on any atom is -0.370 e. The summed E-state index contributed by atoms with van der Waals surface area (Å²) in [6, 6.07) is 0. The van der Waals surface area contributed by atoms with Crippen LogP contribution in [0.5, 0.6) is 0 Å². The molecule has 0 aromatic carbocycles. The Labute approximate surface area is 128 Å². The molecular weight excluding hydrogens is 260 g/mol. The van der Waals surface area contributed by atoms with Gasteiger partial charge in [-0.25, -0.2) is 4.98 Å². The average Bonchev–Trinajstić information content (AvgIpc) is 2.90. The first-order chi connectivity index (χ1) is 10.4. The predicted octanol–water partition coefficient (Wildman–Crippen LogP) is 3.56. The van der Waals surface area contributed by atoms with Crippen LogP contribution in [0.1, 0.15) is 63.1 Å². The van der Waals surface area contributed by atoms with Gasteiger partial charge in [-0.05, 0) is 45.4 Å². The van der Waals surface area contributed by atoms with Crippen molar-refractivity contribution in [3.05, 3.63) is 11.3 Å². The van der Waals surface area contributed by atoms with Crippen molar-refractivity contribution < 1.29 is 0 Å². The molecule has 1 saturated heterocycles. The number of aromatic nitrogens is 2. The predicted molar refractivity (Wildman–Crippen MR) is 88.1 cm³/mol. The molecule has 1 fully saturated rings. The van der Waals surface area contributed by atoms with Gasteiger partial charge >= 0.3 is 0 Å².